The van der Waals surface area contributed by atoms with Gasteiger partial charge in [0, 0.05) is 0 Å². The van der Waals surface area contributed by atoms with Crippen molar-refractivity contribution >= 4 is 17.2 Å². The van der Waals surface area contributed by atoms with E-state index in [0.29, 0.717) is 4.99 Å². The zero-order valence-electron chi connectivity index (χ0n) is 10.2. The fourth-order valence-electron chi connectivity index (χ4n) is 1.91. The van der Waals surface area contributed by atoms with Crippen molar-refractivity contribution in [3.63, 3.8) is 0 Å². The zero-order chi connectivity index (χ0) is 12.1. The first-order valence-corrected chi connectivity index (χ1v) is 5.88. The molecule has 0 aliphatic carbocycles. The Kier molecular flexibility index (Phi) is 4.74. The number of aryl methyl sites for hydroxylation is 2. The van der Waals surface area contributed by atoms with Crippen molar-refractivity contribution < 1.29 is 4.74 Å². The van der Waals surface area contributed by atoms with E-state index in [2.05, 4.69) is 26.0 Å². The summed E-state index contributed by atoms with van der Waals surface area (Å²) in [6.07, 6.45) is 2.86. The van der Waals surface area contributed by atoms with Crippen LogP contribution < -0.4 is 10.5 Å². The first-order valence-electron chi connectivity index (χ1n) is 5.47. The van der Waals surface area contributed by atoms with Crippen LogP contribution in [0, 0.1) is 13.8 Å². The second-order valence-corrected chi connectivity index (χ2v) is 4.58. The zero-order valence-corrected chi connectivity index (χ0v) is 11.0. The number of methoxy groups -OCH3 is 1. The summed E-state index contributed by atoms with van der Waals surface area (Å²) in [6.45, 7) is 4.23. The summed E-state index contributed by atoms with van der Waals surface area (Å²) >= 11 is 4.87. The summed E-state index contributed by atoms with van der Waals surface area (Å²) in [5, 5.41) is 0. The molecule has 1 rings (SSSR count). The Hall–Kier alpha value is -1.09. The van der Waals surface area contributed by atoms with Crippen LogP contribution in [0.5, 0.6) is 5.75 Å². The molecule has 0 radical (unpaired) electrons. The summed E-state index contributed by atoms with van der Waals surface area (Å²) < 4.78 is 5.23. The highest BCUT2D eigenvalue weighted by Crippen LogP contribution is 2.23. The van der Waals surface area contributed by atoms with E-state index in [9.17, 15) is 0 Å². The number of rotatable bonds is 5. The largest absolute Gasteiger partial charge is 0.497 e. The van der Waals surface area contributed by atoms with Crippen LogP contribution in [-0.2, 0) is 6.42 Å². The number of hydrogen-bond donors (Lipinski definition) is 1. The highest BCUT2D eigenvalue weighted by atomic mass is 32.1. The second kappa shape index (κ2) is 5.85. The van der Waals surface area contributed by atoms with Gasteiger partial charge in [-0.25, -0.2) is 0 Å². The molecule has 0 aliphatic heterocycles. The molecule has 2 nitrogen and oxygen atoms in total. The first kappa shape index (κ1) is 13.0. The number of nitrogens with two attached hydrogens (primary N) is 1. The van der Waals surface area contributed by atoms with Crippen LogP contribution in [-0.4, -0.2) is 12.1 Å². The minimum absolute atomic E-state index is 0.601. The summed E-state index contributed by atoms with van der Waals surface area (Å²) in [6, 6.07) is 4.15. The van der Waals surface area contributed by atoms with E-state index < -0.39 is 0 Å². The molecular formula is C13H19NOS. The predicted octanol–water partition coefficient (Wildman–Crippen LogP) is 2.92. The smallest absolute Gasteiger partial charge is 0.119 e. The molecule has 2 N–H and O–H groups in total. The van der Waals surface area contributed by atoms with Gasteiger partial charge in [-0.1, -0.05) is 12.2 Å². The van der Waals surface area contributed by atoms with Gasteiger partial charge in [-0.3, -0.25) is 0 Å². The molecule has 3 heteroatoms. The van der Waals surface area contributed by atoms with Gasteiger partial charge in [0.15, 0.2) is 0 Å². The van der Waals surface area contributed by atoms with Gasteiger partial charge in [0.05, 0.1) is 12.1 Å². The Bertz CT molecular complexity index is 365. The maximum absolute atomic E-state index is 5.49. The lowest BCUT2D eigenvalue weighted by Crippen LogP contribution is -2.08. The van der Waals surface area contributed by atoms with E-state index >= 15 is 0 Å². The normalized spacial score (nSPS) is 10.2. The maximum Gasteiger partial charge on any atom is 0.119 e. The quantitative estimate of drug-likeness (QED) is 0.800. The van der Waals surface area contributed by atoms with Crippen molar-refractivity contribution in [1.29, 1.82) is 0 Å². The first-order chi connectivity index (χ1) is 7.54. The molecule has 1 aromatic rings. The number of ether oxygens (including phenoxy) is 1. The molecule has 0 bridgehead atoms. The van der Waals surface area contributed by atoms with Crippen LogP contribution in [0.2, 0.25) is 0 Å². The summed E-state index contributed by atoms with van der Waals surface area (Å²) in [5.74, 6) is 0.924. The van der Waals surface area contributed by atoms with Crippen molar-refractivity contribution in [2.75, 3.05) is 7.11 Å². The average Bonchev–Trinajstić information content (AvgIpc) is 2.21. The predicted molar refractivity (Wildman–Crippen MR) is 72.2 cm³/mol. The maximum atomic E-state index is 5.49. The van der Waals surface area contributed by atoms with Gasteiger partial charge < -0.3 is 10.5 Å². The van der Waals surface area contributed by atoms with Crippen LogP contribution in [0.3, 0.4) is 0 Å². The van der Waals surface area contributed by atoms with Crippen LogP contribution >= 0.6 is 12.2 Å². The van der Waals surface area contributed by atoms with E-state index in [4.69, 9.17) is 22.7 Å². The van der Waals surface area contributed by atoms with Gasteiger partial charge in [-0.05, 0) is 61.9 Å². The van der Waals surface area contributed by atoms with Crippen molar-refractivity contribution in [3.8, 4) is 5.75 Å². The van der Waals surface area contributed by atoms with Crippen LogP contribution in [0.1, 0.15) is 29.5 Å². The number of benzene rings is 1. The second-order valence-electron chi connectivity index (χ2n) is 4.06. The molecule has 0 saturated heterocycles. The summed E-state index contributed by atoms with van der Waals surface area (Å²) in [5.41, 5.74) is 9.43. The van der Waals surface area contributed by atoms with Gasteiger partial charge in [-0.2, -0.15) is 0 Å². The topological polar surface area (TPSA) is 35.2 Å². The average molecular weight is 237 g/mol. The van der Waals surface area contributed by atoms with E-state index in [1.54, 1.807) is 7.11 Å². The van der Waals surface area contributed by atoms with Gasteiger partial charge in [0.1, 0.15) is 5.75 Å². The molecule has 0 spiro atoms. The Morgan fingerprint density at radius 2 is 1.88 bits per heavy atom. The van der Waals surface area contributed by atoms with Gasteiger partial charge in [0.2, 0.25) is 0 Å². The molecule has 0 saturated carbocycles. The minimum Gasteiger partial charge on any atom is -0.497 e. The molecule has 88 valence electrons. The van der Waals surface area contributed by atoms with E-state index in [1.807, 2.05) is 0 Å². The third-order valence-electron chi connectivity index (χ3n) is 2.76. The number of hydrogen-bond acceptors (Lipinski definition) is 2. The minimum atomic E-state index is 0.601. The highest BCUT2D eigenvalue weighted by Gasteiger charge is 2.05. The third kappa shape index (κ3) is 3.49. The van der Waals surface area contributed by atoms with Gasteiger partial charge in [-0.15, -0.1) is 0 Å². The lowest BCUT2D eigenvalue weighted by Gasteiger charge is -2.11. The molecule has 1 aromatic carbocycles. The molecule has 0 heterocycles. The lowest BCUT2D eigenvalue weighted by atomic mass is 9.97. The van der Waals surface area contributed by atoms with Gasteiger partial charge in [0.25, 0.3) is 0 Å². The van der Waals surface area contributed by atoms with Gasteiger partial charge >= 0.3 is 0 Å². The lowest BCUT2D eigenvalue weighted by molar-refractivity contribution is 0.414. The van der Waals surface area contributed by atoms with Crippen molar-refractivity contribution in [3.05, 3.63) is 28.8 Å². The summed E-state index contributed by atoms with van der Waals surface area (Å²) in [7, 11) is 1.70. The molecule has 16 heavy (non-hydrogen) atoms. The molecule has 0 amide bonds. The molecule has 0 atom stereocenters. The van der Waals surface area contributed by atoms with Crippen molar-refractivity contribution in [2.24, 2.45) is 5.73 Å². The van der Waals surface area contributed by atoms with Crippen LogP contribution in [0.15, 0.2) is 12.1 Å². The van der Waals surface area contributed by atoms with E-state index in [0.717, 1.165) is 25.0 Å². The van der Waals surface area contributed by atoms with E-state index in [-0.39, 0.29) is 0 Å². The molecular weight excluding hydrogens is 218 g/mol. The summed E-state index contributed by atoms with van der Waals surface area (Å²) in [4.78, 5) is 0.601. The van der Waals surface area contributed by atoms with Crippen LogP contribution in [0.25, 0.3) is 0 Å². The molecule has 0 aliphatic rings. The standard InChI is InChI=1S/C13H19NOS/c1-9-7-11(15-3)8-10(2)12(9)5-4-6-13(14)16/h7-8H,4-6H2,1-3H3,(H2,14,16). The monoisotopic (exact) mass is 237 g/mol. The van der Waals surface area contributed by atoms with Crippen molar-refractivity contribution in [1.82, 2.24) is 0 Å². The number of thiocarbonyl (C=S) groups is 1. The highest BCUT2D eigenvalue weighted by molar-refractivity contribution is 7.80. The third-order valence-corrected chi connectivity index (χ3v) is 2.96. The fourth-order valence-corrected chi connectivity index (χ4v) is 2.05. The Balaban J connectivity index is 2.76. The van der Waals surface area contributed by atoms with Crippen molar-refractivity contribution in [2.45, 2.75) is 33.1 Å². The molecule has 0 fully saturated rings. The Morgan fingerprint density at radius 3 is 2.31 bits per heavy atom. The fraction of sp³-hybridized carbons (Fsp3) is 0.462. The molecule has 0 aromatic heterocycles. The SMILES string of the molecule is COc1cc(C)c(CCCC(N)=S)c(C)c1. The Morgan fingerprint density at radius 1 is 1.31 bits per heavy atom. The Labute approximate surface area is 103 Å². The van der Waals surface area contributed by atoms with E-state index in [1.165, 1.54) is 16.7 Å². The molecule has 0 unspecified atom stereocenters. The van der Waals surface area contributed by atoms with Crippen LogP contribution in [0.4, 0.5) is 0 Å².